The molecule has 1 saturated heterocycles. The summed E-state index contributed by atoms with van der Waals surface area (Å²) in [6, 6.07) is 8.22. The highest BCUT2D eigenvalue weighted by Gasteiger charge is 2.48. The fourth-order valence-corrected chi connectivity index (χ4v) is 5.72. The Morgan fingerprint density at radius 2 is 1.62 bits per heavy atom. The summed E-state index contributed by atoms with van der Waals surface area (Å²) in [6.45, 7) is 17.2. The van der Waals surface area contributed by atoms with Crippen molar-refractivity contribution in [1.82, 2.24) is 9.97 Å². The van der Waals surface area contributed by atoms with Crippen molar-refractivity contribution in [2.24, 2.45) is 0 Å². The molecule has 0 saturated carbocycles. The number of anilines is 3. The number of rotatable bonds is 5. The molecular weight excluding hydrogens is 464 g/mol. The first-order valence-corrected chi connectivity index (χ1v) is 15.5. The summed E-state index contributed by atoms with van der Waals surface area (Å²) in [6.07, 6.45) is 3.75. The Hall–Kier alpha value is -1.96. The van der Waals surface area contributed by atoms with E-state index in [1.54, 1.807) is 4.90 Å². The summed E-state index contributed by atoms with van der Waals surface area (Å²) in [5.41, 5.74) is 1.86. The summed E-state index contributed by atoms with van der Waals surface area (Å²) in [4.78, 5) is 27.0. The highest BCUT2D eigenvalue weighted by molar-refractivity contribution is 6.74. The molecular formula is C26H37ClN4O2Si. The number of aromatic nitrogens is 2. The Labute approximate surface area is 209 Å². The molecule has 3 heterocycles. The number of hydrogen-bond donors (Lipinski definition) is 0. The molecule has 0 unspecified atom stereocenters. The van der Waals surface area contributed by atoms with Crippen LogP contribution in [0.2, 0.25) is 23.3 Å². The van der Waals surface area contributed by atoms with E-state index in [1.165, 1.54) is 24.9 Å². The van der Waals surface area contributed by atoms with Crippen LogP contribution in [-0.2, 0) is 21.2 Å². The van der Waals surface area contributed by atoms with Gasteiger partial charge in [0.25, 0.3) is 0 Å². The first kappa shape index (κ1) is 25.1. The molecule has 0 N–H and O–H groups in total. The topological polar surface area (TPSA) is 58.6 Å². The quantitative estimate of drug-likeness (QED) is 0.342. The number of benzene rings is 1. The van der Waals surface area contributed by atoms with Gasteiger partial charge in [0.15, 0.2) is 14.1 Å². The molecule has 184 valence electrons. The molecule has 6 nitrogen and oxygen atoms in total. The maximum absolute atomic E-state index is 13.5. The van der Waals surface area contributed by atoms with Crippen molar-refractivity contribution < 1.29 is 9.22 Å². The Bertz CT molecular complexity index is 1070. The predicted octanol–water partition coefficient (Wildman–Crippen LogP) is 6.60. The molecule has 0 aliphatic carbocycles. The second-order valence-electron chi connectivity index (χ2n) is 11.5. The van der Waals surface area contributed by atoms with Gasteiger partial charge in [-0.15, -0.1) is 0 Å². The normalized spacial score (nSPS) is 18.4. The van der Waals surface area contributed by atoms with E-state index in [-0.39, 0.29) is 17.6 Å². The highest BCUT2D eigenvalue weighted by atomic mass is 35.5. The van der Waals surface area contributed by atoms with Crippen LogP contribution in [0.25, 0.3) is 0 Å². The minimum Gasteiger partial charge on any atom is -0.409 e. The van der Waals surface area contributed by atoms with E-state index < -0.39 is 13.7 Å². The minimum absolute atomic E-state index is 0.0492. The number of hydrogen-bond acceptors (Lipinski definition) is 5. The van der Waals surface area contributed by atoms with Gasteiger partial charge in [-0.3, -0.25) is 9.69 Å². The number of amides is 1. The van der Waals surface area contributed by atoms with Gasteiger partial charge in [-0.25, -0.2) is 9.97 Å². The molecule has 0 spiro atoms. The van der Waals surface area contributed by atoms with Gasteiger partial charge in [-0.1, -0.05) is 32.4 Å². The van der Waals surface area contributed by atoms with Gasteiger partial charge in [0.1, 0.15) is 11.0 Å². The van der Waals surface area contributed by atoms with Crippen LogP contribution in [-0.4, -0.2) is 37.3 Å². The lowest BCUT2D eigenvalue weighted by Gasteiger charge is -2.35. The van der Waals surface area contributed by atoms with Crippen LogP contribution in [0.4, 0.5) is 17.2 Å². The Morgan fingerprint density at radius 1 is 1.03 bits per heavy atom. The maximum Gasteiger partial charge on any atom is 0.243 e. The molecule has 1 aromatic carbocycles. The lowest BCUT2D eigenvalue weighted by atomic mass is 9.88. The first-order valence-electron chi connectivity index (χ1n) is 12.2. The predicted molar refractivity (Wildman–Crippen MR) is 142 cm³/mol. The van der Waals surface area contributed by atoms with Crippen molar-refractivity contribution in [3.63, 3.8) is 0 Å². The standard InChI is InChI=1S/C26H37ClN4O2Si/c1-25(2,3)34(6,7)33-17-20-28-22(27)21-23(29-20)31(24(32)26(21,4)5)19-13-11-18(12-14-19)30-15-9-8-10-16-30/h11-14H,8-10,15-17H2,1-7H3. The second kappa shape index (κ2) is 8.92. The summed E-state index contributed by atoms with van der Waals surface area (Å²) >= 11 is 6.66. The van der Waals surface area contributed by atoms with Gasteiger partial charge in [0, 0.05) is 24.3 Å². The summed E-state index contributed by atoms with van der Waals surface area (Å²) in [5.74, 6) is 1.02. The van der Waals surface area contributed by atoms with Crippen LogP contribution < -0.4 is 9.80 Å². The van der Waals surface area contributed by atoms with Gasteiger partial charge in [0.05, 0.1) is 17.7 Å². The maximum atomic E-state index is 13.5. The van der Waals surface area contributed by atoms with Gasteiger partial charge in [0.2, 0.25) is 5.91 Å². The van der Waals surface area contributed by atoms with Crippen LogP contribution in [0.15, 0.2) is 24.3 Å². The van der Waals surface area contributed by atoms with Crippen molar-refractivity contribution in [3.05, 3.63) is 40.8 Å². The molecule has 0 radical (unpaired) electrons. The smallest absolute Gasteiger partial charge is 0.243 e. The third-order valence-electron chi connectivity index (χ3n) is 7.66. The molecule has 8 heteroatoms. The van der Waals surface area contributed by atoms with Gasteiger partial charge in [-0.2, -0.15) is 0 Å². The Balaban J connectivity index is 1.67. The summed E-state index contributed by atoms with van der Waals surface area (Å²) in [7, 11) is -1.98. The number of piperidine rings is 1. The molecule has 1 amide bonds. The number of carbonyl (C=O) groups is 1. The average molecular weight is 501 g/mol. The molecule has 0 atom stereocenters. The fraction of sp³-hybridized carbons (Fsp3) is 0.577. The summed E-state index contributed by atoms with van der Waals surface area (Å²) in [5, 5.41) is 0.401. The van der Waals surface area contributed by atoms with E-state index >= 15 is 0 Å². The molecule has 4 rings (SSSR count). The zero-order chi connectivity index (χ0) is 24.9. The zero-order valence-corrected chi connectivity index (χ0v) is 23.3. The van der Waals surface area contributed by atoms with E-state index in [4.69, 9.17) is 21.0 Å². The van der Waals surface area contributed by atoms with Crippen LogP contribution in [0, 0.1) is 0 Å². The fourth-order valence-electron chi connectivity index (χ4n) is 4.38. The van der Waals surface area contributed by atoms with Gasteiger partial charge >= 0.3 is 0 Å². The van der Waals surface area contributed by atoms with Gasteiger partial charge in [-0.05, 0) is 75.5 Å². The van der Waals surface area contributed by atoms with E-state index in [9.17, 15) is 4.79 Å². The van der Waals surface area contributed by atoms with E-state index in [2.05, 4.69) is 55.9 Å². The first-order chi connectivity index (χ1) is 15.8. The molecule has 2 aliphatic rings. The lowest BCUT2D eigenvalue weighted by molar-refractivity contribution is -0.121. The van der Waals surface area contributed by atoms with E-state index in [1.807, 2.05) is 26.0 Å². The largest absolute Gasteiger partial charge is 0.409 e. The molecule has 34 heavy (non-hydrogen) atoms. The van der Waals surface area contributed by atoms with Crippen molar-refractivity contribution in [3.8, 4) is 0 Å². The number of fused-ring (bicyclic) bond motifs is 1. The van der Waals surface area contributed by atoms with Crippen molar-refractivity contribution >= 4 is 43.0 Å². The van der Waals surface area contributed by atoms with E-state index in [0.29, 0.717) is 22.4 Å². The van der Waals surface area contributed by atoms with Gasteiger partial charge < -0.3 is 9.33 Å². The monoisotopic (exact) mass is 500 g/mol. The average Bonchev–Trinajstić information content (AvgIpc) is 2.98. The summed E-state index contributed by atoms with van der Waals surface area (Å²) < 4.78 is 6.34. The minimum atomic E-state index is -1.98. The van der Waals surface area contributed by atoms with Crippen LogP contribution >= 0.6 is 11.6 Å². The number of nitrogens with zero attached hydrogens (tertiary/aromatic N) is 4. The molecule has 1 aromatic heterocycles. The van der Waals surface area contributed by atoms with Crippen LogP contribution in [0.1, 0.15) is 65.3 Å². The number of carbonyl (C=O) groups excluding carboxylic acids is 1. The van der Waals surface area contributed by atoms with Crippen molar-refractivity contribution in [2.45, 2.75) is 84.0 Å². The highest BCUT2D eigenvalue weighted by Crippen LogP contribution is 2.47. The van der Waals surface area contributed by atoms with Crippen molar-refractivity contribution in [1.29, 1.82) is 0 Å². The molecule has 2 aromatic rings. The molecule has 2 aliphatic heterocycles. The van der Waals surface area contributed by atoms with Crippen LogP contribution in [0.5, 0.6) is 0 Å². The van der Waals surface area contributed by atoms with E-state index in [0.717, 1.165) is 18.8 Å². The van der Waals surface area contributed by atoms with Crippen LogP contribution in [0.3, 0.4) is 0 Å². The zero-order valence-electron chi connectivity index (χ0n) is 21.5. The molecule has 1 fully saturated rings. The third kappa shape index (κ3) is 4.50. The second-order valence-corrected chi connectivity index (χ2v) is 16.7. The SMILES string of the molecule is CC1(C)C(=O)N(c2ccc(N3CCCCC3)cc2)c2nc(CO[Si](C)(C)C(C)(C)C)nc(Cl)c21. The number of halogens is 1. The third-order valence-corrected chi connectivity index (χ3v) is 12.4. The Kier molecular flexibility index (Phi) is 6.59. The Morgan fingerprint density at radius 3 is 2.21 bits per heavy atom. The van der Waals surface area contributed by atoms with Crippen molar-refractivity contribution in [2.75, 3.05) is 22.9 Å². The molecule has 0 bridgehead atoms. The lowest BCUT2D eigenvalue weighted by Crippen LogP contribution is -2.40.